The lowest BCUT2D eigenvalue weighted by atomic mass is 9.98. The summed E-state index contributed by atoms with van der Waals surface area (Å²) in [5, 5.41) is 12.0. The van der Waals surface area contributed by atoms with Gasteiger partial charge in [0.25, 0.3) is 5.91 Å². The predicted octanol–water partition coefficient (Wildman–Crippen LogP) is 2.78. The molecule has 2 saturated carbocycles. The summed E-state index contributed by atoms with van der Waals surface area (Å²) >= 11 is 0. The molecule has 0 spiro atoms. The third-order valence-corrected chi connectivity index (χ3v) is 4.95. The van der Waals surface area contributed by atoms with Gasteiger partial charge in [-0.2, -0.15) is 0 Å². The normalized spacial score (nSPS) is 24.5. The van der Waals surface area contributed by atoms with Crippen molar-refractivity contribution in [2.75, 3.05) is 0 Å². The number of carboxylic acid groups (broad SMARTS) is 1. The number of carbonyl (C=O) groups excluding carboxylic acids is 1. The van der Waals surface area contributed by atoms with Gasteiger partial charge in [-0.15, -0.1) is 0 Å². The van der Waals surface area contributed by atoms with Gasteiger partial charge < -0.3 is 15.2 Å². The maximum atomic E-state index is 12.4. The molecule has 130 valence electrons. The average molecular weight is 332 g/mol. The smallest absolute Gasteiger partial charge is 0.306 e. The standard InChI is InChI=1S/C18H24N2O4/c21-17(20-14-7-6-13(10-14)18(22)23)12-8-9-19-16(11-12)24-15-4-2-1-3-5-15/h8-9,11,13-15H,1-7,10H2,(H,20,21)(H,22,23)/t13-,14+/m1/s1. The Kier molecular flexibility index (Phi) is 5.33. The van der Waals surface area contributed by atoms with E-state index in [1.807, 2.05) is 0 Å². The van der Waals surface area contributed by atoms with Gasteiger partial charge in [0.2, 0.25) is 5.88 Å². The third kappa shape index (κ3) is 4.24. The van der Waals surface area contributed by atoms with Gasteiger partial charge in [-0.05, 0) is 51.0 Å². The number of ether oxygens (including phenoxy) is 1. The Hall–Kier alpha value is -2.11. The van der Waals surface area contributed by atoms with Crippen molar-refractivity contribution in [2.24, 2.45) is 5.92 Å². The van der Waals surface area contributed by atoms with E-state index < -0.39 is 5.97 Å². The lowest BCUT2D eigenvalue weighted by Gasteiger charge is -2.22. The van der Waals surface area contributed by atoms with Gasteiger partial charge >= 0.3 is 5.97 Å². The molecule has 24 heavy (non-hydrogen) atoms. The molecule has 0 aromatic carbocycles. The first kappa shape index (κ1) is 16.7. The van der Waals surface area contributed by atoms with Crippen LogP contribution in [0.25, 0.3) is 0 Å². The van der Waals surface area contributed by atoms with Crippen LogP contribution in [0.3, 0.4) is 0 Å². The molecule has 2 atom stereocenters. The number of aromatic nitrogens is 1. The molecule has 2 fully saturated rings. The van der Waals surface area contributed by atoms with Crippen LogP contribution in [0.15, 0.2) is 18.3 Å². The van der Waals surface area contributed by atoms with Crippen molar-refractivity contribution in [3.63, 3.8) is 0 Å². The van der Waals surface area contributed by atoms with Crippen molar-refractivity contribution < 1.29 is 19.4 Å². The van der Waals surface area contributed by atoms with Gasteiger partial charge in [0.05, 0.1) is 5.92 Å². The maximum absolute atomic E-state index is 12.4. The van der Waals surface area contributed by atoms with Crippen LogP contribution >= 0.6 is 0 Å². The van der Waals surface area contributed by atoms with Crippen molar-refractivity contribution in [1.82, 2.24) is 10.3 Å². The second kappa shape index (κ2) is 7.64. The van der Waals surface area contributed by atoms with E-state index in [0.717, 1.165) is 12.8 Å². The molecule has 1 aromatic heterocycles. The highest BCUT2D eigenvalue weighted by Gasteiger charge is 2.30. The number of hydrogen-bond acceptors (Lipinski definition) is 4. The van der Waals surface area contributed by atoms with E-state index in [1.54, 1.807) is 18.3 Å². The lowest BCUT2D eigenvalue weighted by molar-refractivity contribution is -0.141. The molecule has 1 heterocycles. The highest BCUT2D eigenvalue weighted by atomic mass is 16.5. The van der Waals surface area contributed by atoms with Crippen LogP contribution in [0.1, 0.15) is 61.7 Å². The summed E-state index contributed by atoms with van der Waals surface area (Å²) in [4.78, 5) is 27.6. The molecule has 0 aliphatic heterocycles. The maximum Gasteiger partial charge on any atom is 0.306 e. The van der Waals surface area contributed by atoms with Crippen LogP contribution in [0.4, 0.5) is 0 Å². The Morgan fingerprint density at radius 3 is 2.67 bits per heavy atom. The first-order valence-corrected chi connectivity index (χ1v) is 8.78. The number of carbonyl (C=O) groups is 2. The van der Waals surface area contributed by atoms with E-state index in [-0.39, 0.29) is 24.0 Å². The van der Waals surface area contributed by atoms with Crippen LogP contribution in [0.2, 0.25) is 0 Å². The van der Waals surface area contributed by atoms with Crippen LogP contribution in [-0.2, 0) is 4.79 Å². The monoisotopic (exact) mass is 332 g/mol. The van der Waals surface area contributed by atoms with Crippen LogP contribution in [0, 0.1) is 5.92 Å². The van der Waals surface area contributed by atoms with Gasteiger partial charge in [-0.1, -0.05) is 6.42 Å². The predicted molar refractivity (Wildman–Crippen MR) is 88.0 cm³/mol. The molecule has 1 aromatic rings. The first-order valence-electron chi connectivity index (χ1n) is 8.78. The zero-order chi connectivity index (χ0) is 16.9. The first-order chi connectivity index (χ1) is 11.6. The molecule has 0 radical (unpaired) electrons. The number of rotatable bonds is 5. The second-order valence-electron chi connectivity index (χ2n) is 6.78. The van der Waals surface area contributed by atoms with Crippen molar-refractivity contribution in [1.29, 1.82) is 0 Å². The van der Waals surface area contributed by atoms with Gasteiger partial charge in [-0.25, -0.2) is 4.98 Å². The number of nitrogens with zero attached hydrogens (tertiary/aromatic N) is 1. The number of hydrogen-bond donors (Lipinski definition) is 2. The van der Waals surface area contributed by atoms with E-state index in [0.29, 0.717) is 30.7 Å². The van der Waals surface area contributed by atoms with Crippen molar-refractivity contribution in [3.8, 4) is 5.88 Å². The summed E-state index contributed by atoms with van der Waals surface area (Å²) in [5.41, 5.74) is 0.509. The van der Waals surface area contributed by atoms with E-state index in [2.05, 4.69) is 10.3 Å². The summed E-state index contributed by atoms with van der Waals surface area (Å²) < 4.78 is 5.90. The molecular formula is C18H24N2O4. The molecule has 0 unspecified atom stereocenters. The van der Waals surface area contributed by atoms with Crippen LogP contribution < -0.4 is 10.1 Å². The van der Waals surface area contributed by atoms with E-state index in [4.69, 9.17) is 9.84 Å². The second-order valence-corrected chi connectivity index (χ2v) is 6.78. The summed E-state index contributed by atoms with van der Waals surface area (Å²) in [7, 11) is 0. The van der Waals surface area contributed by atoms with E-state index in [9.17, 15) is 9.59 Å². The number of aliphatic carboxylic acids is 1. The zero-order valence-electron chi connectivity index (χ0n) is 13.7. The summed E-state index contributed by atoms with van der Waals surface area (Å²) in [6.07, 6.45) is 9.29. The van der Waals surface area contributed by atoms with E-state index in [1.165, 1.54) is 19.3 Å². The van der Waals surface area contributed by atoms with Crippen LogP contribution in [-0.4, -0.2) is 34.1 Å². The minimum Gasteiger partial charge on any atom is -0.481 e. The largest absolute Gasteiger partial charge is 0.481 e. The topological polar surface area (TPSA) is 88.5 Å². The minimum atomic E-state index is -0.779. The van der Waals surface area contributed by atoms with Crippen molar-refractivity contribution in [2.45, 2.75) is 63.5 Å². The molecule has 2 aliphatic rings. The minimum absolute atomic E-state index is 0.0746. The highest BCUT2D eigenvalue weighted by Crippen LogP contribution is 2.26. The SMILES string of the molecule is O=C(N[C@H]1CC[C@@H](C(=O)O)C1)c1ccnc(OC2CCCCC2)c1. The summed E-state index contributed by atoms with van der Waals surface area (Å²) in [6, 6.07) is 3.26. The van der Waals surface area contributed by atoms with E-state index >= 15 is 0 Å². The Morgan fingerprint density at radius 1 is 1.17 bits per heavy atom. The molecule has 0 saturated heterocycles. The number of carboxylic acids is 1. The van der Waals surface area contributed by atoms with Crippen molar-refractivity contribution in [3.05, 3.63) is 23.9 Å². The number of nitrogens with one attached hydrogen (secondary N) is 1. The Labute approximate surface area is 141 Å². The molecule has 1 amide bonds. The fraction of sp³-hybridized carbons (Fsp3) is 0.611. The Morgan fingerprint density at radius 2 is 1.96 bits per heavy atom. The molecule has 2 N–H and O–H groups in total. The molecule has 6 heteroatoms. The van der Waals surface area contributed by atoms with Crippen LogP contribution in [0.5, 0.6) is 5.88 Å². The fourth-order valence-corrected chi connectivity index (χ4v) is 3.57. The molecule has 0 bridgehead atoms. The average Bonchev–Trinajstić information content (AvgIpc) is 3.05. The Bertz CT molecular complexity index is 598. The summed E-state index contributed by atoms with van der Waals surface area (Å²) in [6.45, 7) is 0. The summed E-state index contributed by atoms with van der Waals surface area (Å²) in [5.74, 6) is -0.830. The molecule has 2 aliphatic carbocycles. The molecule has 6 nitrogen and oxygen atoms in total. The lowest BCUT2D eigenvalue weighted by Crippen LogP contribution is -2.33. The fourth-order valence-electron chi connectivity index (χ4n) is 3.57. The molecular weight excluding hydrogens is 308 g/mol. The quantitative estimate of drug-likeness (QED) is 0.865. The van der Waals surface area contributed by atoms with Gasteiger partial charge in [0.1, 0.15) is 6.10 Å². The van der Waals surface area contributed by atoms with Gasteiger partial charge in [0.15, 0.2) is 0 Å². The van der Waals surface area contributed by atoms with Gasteiger partial charge in [-0.3, -0.25) is 9.59 Å². The number of amides is 1. The van der Waals surface area contributed by atoms with Crippen molar-refractivity contribution >= 4 is 11.9 Å². The Balaban J connectivity index is 1.57. The van der Waals surface area contributed by atoms with Gasteiger partial charge in [0, 0.05) is 23.9 Å². The third-order valence-electron chi connectivity index (χ3n) is 4.95. The number of pyridine rings is 1. The molecule has 3 rings (SSSR count). The zero-order valence-corrected chi connectivity index (χ0v) is 13.7. The highest BCUT2D eigenvalue weighted by molar-refractivity contribution is 5.94.